The quantitative estimate of drug-likeness (QED) is 0.336. The molecule has 4 nitrogen and oxygen atoms in total. The van der Waals surface area contributed by atoms with Crippen LogP contribution in [-0.4, -0.2) is 31.2 Å². The number of aromatic hydroxyl groups is 1. The van der Waals surface area contributed by atoms with Crippen LogP contribution in [0.2, 0.25) is 0 Å². The van der Waals surface area contributed by atoms with Crippen LogP contribution in [0.5, 0.6) is 5.75 Å². The molecular formula is C29H29F2NO3. The van der Waals surface area contributed by atoms with Crippen LogP contribution in [0.25, 0.3) is 6.08 Å². The van der Waals surface area contributed by atoms with Crippen molar-refractivity contribution in [2.75, 3.05) is 18.6 Å². The Balaban J connectivity index is 1.88. The molecule has 0 fully saturated rings. The minimum atomic E-state index is -2.76. The number of methoxy groups -OCH3 is 1. The van der Waals surface area contributed by atoms with E-state index in [1.807, 2.05) is 24.3 Å². The smallest absolute Gasteiger partial charge is 0.330 e. The van der Waals surface area contributed by atoms with Gasteiger partial charge in [0.05, 0.1) is 7.11 Å². The summed E-state index contributed by atoms with van der Waals surface area (Å²) in [6, 6.07) is 19.2. The molecule has 1 atom stereocenters. The fourth-order valence-corrected chi connectivity index (χ4v) is 4.84. The number of rotatable bonds is 6. The molecule has 6 heteroatoms. The van der Waals surface area contributed by atoms with Crippen LogP contribution in [0.15, 0.2) is 72.8 Å². The van der Waals surface area contributed by atoms with Gasteiger partial charge in [-0.05, 0) is 70.5 Å². The number of fused-ring (bicyclic) bond motifs is 1. The highest BCUT2D eigenvalue weighted by atomic mass is 19.3. The number of phenolic OH excluding ortho intramolecular Hbond substituents is 1. The number of benzene rings is 3. The maximum absolute atomic E-state index is 15.4. The molecule has 0 saturated heterocycles. The van der Waals surface area contributed by atoms with E-state index >= 15 is 8.78 Å². The van der Waals surface area contributed by atoms with Crippen molar-refractivity contribution in [1.82, 2.24) is 0 Å². The highest BCUT2D eigenvalue weighted by Crippen LogP contribution is 2.48. The summed E-state index contributed by atoms with van der Waals surface area (Å²) in [5.41, 5.74) is 2.41. The van der Waals surface area contributed by atoms with Crippen molar-refractivity contribution in [2.45, 2.75) is 38.2 Å². The topological polar surface area (TPSA) is 49.8 Å². The van der Waals surface area contributed by atoms with Crippen LogP contribution in [0.3, 0.4) is 0 Å². The molecular weight excluding hydrogens is 448 g/mol. The molecule has 0 aliphatic carbocycles. The first-order valence-corrected chi connectivity index (χ1v) is 11.6. The van der Waals surface area contributed by atoms with Crippen LogP contribution >= 0.6 is 0 Å². The largest absolute Gasteiger partial charge is 0.508 e. The first-order valence-electron chi connectivity index (χ1n) is 11.6. The molecule has 3 aromatic rings. The van der Waals surface area contributed by atoms with Gasteiger partial charge in [0.15, 0.2) is 5.54 Å². The van der Waals surface area contributed by atoms with Crippen molar-refractivity contribution in [2.24, 2.45) is 0 Å². The van der Waals surface area contributed by atoms with Crippen LogP contribution in [0.4, 0.5) is 14.5 Å². The average Bonchev–Trinajstić information content (AvgIpc) is 2.86. The number of halogens is 2. The fourth-order valence-electron chi connectivity index (χ4n) is 4.84. The van der Waals surface area contributed by atoms with Gasteiger partial charge in [0, 0.05) is 18.3 Å². The Kier molecular flexibility index (Phi) is 6.92. The van der Waals surface area contributed by atoms with Crippen LogP contribution in [0, 0.1) is 0 Å². The van der Waals surface area contributed by atoms with Crippen molar-refractivity contribution < 1.29 is 23.4 Å². The monoisotopic (exact) mass is 477 g/mol. The zero-order valence-electron chi connectivity index (χ0n) is 20.0. The van der Waals surface area contributed by atoms with Crippen LogP contribution in [-0.2, 0) is 21.5 Å². The Labute approximate surface area is 204 Å². The molecule has 0 saturated carbocycles. The molecule has 0 bridgehead atoms. The minimum absolute atomic E-state index is 0.0601. The third-order valence-corrected chi connectivity index (χ3v) is 6.68. The highest BCUT2D eigenvalue weighted by molar-refractivity contribution is 5.86. The van der Waals surface area contributed by atoms with Gasteiger partial charge < -0.3 is 14.7 Å². The van der Waals surface area contributed by atoms with Gasteiger partial charge >= 0.3 is 5.97 Å². The Bertz CT molecular complexity index is 1220. The molecule has 182 valence electrons. The SMILES string of the molecule is COC(=O)C=Cc1ccc(C2(C(F)F)c3ccc(O)cc3CCN2c2ccc(C(C)C)cc2)cc1. The van der Waals surface area contributed by atoms with Gasteiger partial charge in [-0.3, -0.25) is 0 Å². The maximum atomic E-state index is 15.4. The van der Waals surface area contributed by atoms with Crippen LogP contribution in [0.1, 0.15) is 47.6 Å². The molecule has 4 rings (SSSR count). The normalized spacial score (nSPS) is 17.7. The number of carbonyl (C=O) groups is 1. The molecule has 1 N–H and O–H groups in total. The molecule has 1 heterocycles. The van der Waals surface area contributed by atoms with Gasteiger partial charge in [-0.1, -0.05) is 56.3 Å². The molecule has 35 heavy (non-hydrogen) atoms. The summed E-state index contributed by atoms with van der Waals surface area (Å²) in [4.78, 5) is 13.2. The Morgan fingerprint density at radius 1 is 1.06 bits per heavy atom. The molecule has 0 radical (unpaired) electrons. The van der Waals surface area contributed by atoms with Gasteiger partial charge in [-0.25, -0.2) is 13.6 Å². The van der Waals surface area contributed by atoms with E-state index in [1.165, 1.54) is 19.3 Å². The molecule has 0 aromatic heterocycles. The summed E-state index contributed by atoms with van der Waals surface area (Å²) in [6.45, 7) is 4.56. The lowest BCUT2D eigenvalue weighted by Crippen LogP contribution is -2.56. The van der Waals surface area contributed by atoms with Gasteiger partial charge in [-0.15, -0.1) is 0 Å². The second kappa shape index (κ2) is 9.90. The summed E-state index contributed by atoms with van der Waals surface area (Å²) < 4.78 is 35.4. The number of nitrogens with zero attached hydrogens (tertiary/aromatic N) is 1. The van der Waals surface area contributed by atoms with E-state index in [1.54, 1.807) is 47.4 Å². The Morgan fingerprint density at radius 3 is 2.34 bits per heavy atom. The Hall–Kier alpha value is -3.67. The highest BCUT2D eigenvalue weighted by Gasteiger charge is 2.51. The maximum Gasteiger partial charge on any atom is 0.330 e. The second-order valence-electron chi connectivity index (χ2n) is 9.03. The number of anilines is 1. The molecule has 0 amide bonds. The van der Waals surface area contributed by atoms with Gasteiger partial charge in [0.25, 0.3) is 6.43 Å². The Morgan fingerprint density at radius 2 is 1.74 bits per heavy atom. The zero-order chi connectivity index (χ0) is 25.2. The van der Waals surface area contributed by atoms with Gasteiger partial charge in [0.1, 0.15) is 5.75 Å². The predicted octanol–water partition coefficient (Wildman–Crippen LogP) is 6.27. The van der Waals surface area contributed by atoms with E-state index in [2.05, 4.69) is 18.6 Å². The van der Waals surface area contributed by atoms with E-state index < -0.39 is 17.9 Å². The number of hydrogen-bond acceptors (Lipinski definition) is 4. The molecule has 0 spiro atoms. The fraction of sp³-hybridized carbons (Fsp3) is 0.276. The standard InChI is InChI=1S/C29H29F2NO3/c1-19(2)21-7-11-24(12-8-21)32-17-16-22-18-25(33)13-14-26(22)29(32,28(30)31)23-9-4-20(5-10-23)6-15-27(34)35-3/h4-15,18-19,28,33H,16-17H2,1-3H3. The van der Waals surface area contributed by atoms with Gasteiger partial charge in [0.2, 0.25) is 0 Å². The van der Waals surface area contributed by atoms with E-state index in [0.717, 1.165) is 5.56 Å². The number of carbonyl (C=O) groups excluding carboxylic acids is 1. The molecule has 3 aromatic carbocycles. The third kappa shape index (κ3) is 4.53. The number of ether oxygens (including phenoxy) is 1. The number of esters is 1. The lowest BCUT2D eigenvalue weighted by atomic mass is 9.75. The van der Waals surface area contributed by atoms with Crippen molar-refractivity contribution in [3.05, 3.63) is 101 Å². The molecule has 1 aliphatic heterocycles. The van der Waals surface area contributed by atoms with Crippen molar-refractivity contribution in [1.29, 1.82) is 0 Å². The summed E-state index contributed by atoms with van der Waals surface area (Å²) in [7, 11) is 1.29. The van der Waals surface area contributed by atoms with Gasteiger partial charge in [-0.2, -0.15) is 0 Å². The lowest BCUT2D eigenvalue weighted by Gasteiger charge is -2.49. The summed E-state index contributed by atoms with van der Waals surface area (Å²) in [5, 5.41) is 10.0. The predicted molar refractivity (Wildman–Crippen MR) is 134 cm³/mol. The summed E-state index contributed by atoms with van der Waals surface area (Å²) >= 11 is 0. The van der Waals surface area contributed by atoms with Crippen molar-refractivity contribution >= 4 is 17.7 Å². The third-order valence-electron chi connectivity index (χ3n) is 6.68. The first-order chi connectivity index (χ1) is 16.8. The summed E-state index contributed by atoms with van der Waals surface area (Å²) in [6.07, 6.45) is 0.649. The minimum Gasteiger partial charge on any atom is -0.508 e. The van der Waals surface area contributed by atoms with E-state index in [4.69, 9.17) is 0 Å². The second-order valence-corrected chi connectivity index (χ2v) is 9.03. The van der Waals surface area contributed by atoms with E-state index in [0.29, 0.717) is 46.8 Å². The van der Waals surface area contributed by atoms with Crippen LogP contribution < -0.4 is 4.90 Å². The first kappa shape index (κ1) is 24.5. The number of phenols is 1. The van der Waals surface area contributed by atoms with E-state index in [-0.39, 0.29) is 5.75 Å². The average molecular weight is 478 g/mol. The van der Waals surface area contributed by atoms with Crippen molar-refractivity contribution in [3.63, 3.8) is 0 Å². The molecule has 1 aliphatic rings. The zero-order valence-corrected chi connectivity index (χ0v) is 20.0. The number of alkyl halides is 2. The lowest BCUT2D eigenvalue weighted by molar-refractivity contribution is -0.134. The van der Waals surface area contributed by atoms with Crippen molar-refractivity contribution in [3.8, 4) is 5.75 Å². The van der Waals surface area contributed by atoms with E-state index in [9.17, 15) is 9.90 Å². The number of hydrogen-bond donors (Lipinski definition) is 1. The molecule has 1 unspecified atom stereocenters. The summed E-state index contributed by atoms with van der Waals surface area (Å²) in [5.74, 6) is -0.0975.